The van der Waals surface area contributed by atoms with Crippen LogP contribution in [0.4, 0.5) is 4.39 Å². The van der Waals surface area contributed by atoms with Crippen molar-refractivity contribution in [3.05, 3.63) is 53.7 Å². The average molecular weight is 482 g/mol. The van der Waals surface area contributed by atoms with Crippen LogP contribution < -0.4 is 19.6 Å². The quantitative estimate of drug-likeness (QED) is 0.542. The van der Waals surface area contributed by atoms with E-state index in [1.807, 2.05) is 0 Å². The van der Waals surface area contributed by atoms with Gasteiger partial charge in [-0.2, -0.15) is 10.1 Å². The highest BCUT2D eigenvalue weighted by Crippen LogP contribution is 2.40. The zero-order chi connectivity index (χ0) is 24.5. The monoisotopic (exact) mass is 482 g/mol. The molecule has 12 heteroatoms. The van der Waals surface area contributed by atoms with Crippen LogP contribution in [-0.2, 0) is 11.3 Å². The lowest BCUT2D eigenvalue weighted by atomic mass is 10.0. The highest BCUT2D eigenvalue weighted by atomic mass is 19.1. The first kappa shape index (κ1) is 22.6. The Kier molecular flexibility index (Phi) is 5.95. The van der Waals surface area contributed by atoms with Crippen molar-refractivity contribution in [2.45, 2.75) is 25.0 Å². The SMILES string of the molecule is COc1cc(-c2noc(CN3N=CN4NC(c5ccc(F)cc5)CC4C3=O)n2)cc(OC)c1OC. The van der Waals surface area contributed by atoms with Gasteiger partial charge in [0, 0.05) is 5.56 Å². The summed E-state index contributed by atoms with van der Waals surface area (Å²) < 4.78 is 34.7. The van der Waals surface area contributed by atoms with Crippen LogP contribution in [0.25, 0.3) is 11.4 Å². The molecule has 2 aromatic carbocycles. The molecule has 1 aromatic heterocycles. The maximum atomic E-state index is 13.3. The van der Waals surface area contributed by atoms with E-state index >= 15 is 0 Å². The number of methoxy groups -OCH3 is 3. The fourth-order valence-corrected chi connectivity index (χ4v) is 4.14. The molecule has 11 nitrogen and oxygen atoms in total. The van der Waals surface area contributed by atoms with Crippen LogP contribution in [0.3, 0.4) is 0 Å². The Hall–Kier alpha value is -4.19. The second-order valence-corrected chi connectivity index (χ2v) is 7.94. The molecule has 2 aliphatic rings. The van der Waals surface area contributed by atoms with Crippen LogP contribution >= 0.6 is 0 Å². The summed E-state index contributed by atoms with van der Waals surface area (Å²) in [5.74, 6) is 1.35. The van der Waals surface area contributed by atoms with Gasteiger partial charge in [-0.1, -0.05) is 17.3 Å². The molecule has 1 amide bonds. The largest absolute Gasteiger partial charge is 0.493 e. The minimum atomic E-state index is -0.458. The average Bonchev–Trinajstić information content (AvgIpc) is 3.53. The Morgan fingerprint density at radius 2 is 1.83 bits per heavy atom. The molecule has 0 bridgehead atoms. The van der Waals surface area contributed by atoms with Gasteiger partial charge in [0.15, 0.2) is 11.5 Å². The second-order valence-electron chi connectivity index (χ2n) is 7.94. The number of hydrogen-bond acceptors (Lipinski definition) is 10. The number of benzene rings is 2. The number of hydrazine groups is 1. The number of carbonyl (C=O) groups is 1. The lowest BCUT2D eigenvalue weighted by molar-refractivity contribution is -0.137. The Morgan fingerprint density at radius 1 is 1.11 bits per heavy atom. The Balaban J connectivity index is 1.30. The van der Waals surface area contributed by atoms with E-state index < -0.39 is 6.04 Å². The van der Waals surface area contributed by atoms with E-state index in [0.29, 0.717) is 35.1 Å². The van der Waals surface area contributed by atoms with E-state index in [0.717, 1.165) is 5.56 Å². The molecular weight excluding hydrogens is 459 g/mol. The van der Waals surface area contributed by atoms with Gasteiger partial charge >= 0.3 is 0 Å². The fourth-order valence-electron chi connectivity index (χ4n) is 4.14. The minimum Gasteiger partial charge on any atom is -0.493 e. The van der Waals surface area contributed by atoms with E-state index in [4.69, 9.17) is 18.7 Å². The number of hydrogen-bond donors (Lipinski definition) is 1. The first-order chi connectivity index (χ1) is 17.0. The van der Waals surface area contributed by atoms with Gasteiger partial charge in [0.25, 0.3) is 5.91 Å². The molecule has 1 fully saturated rings. The second kappa shape index (κ2) is 9.22. The van der Waals surface area contributed by atoms with Crippen molar-refractivity contribution in [3.8, 4) is 28.6 Å². The topological polar surface area (TPSA) is 115 Å². The molecule has 182 valence electrons. The molecule has 0 aliphatic carbocycles. The van der Waals surface area contributed by atoms with E-state index in [1.165, 1.54) is 38.5 Å². The van der Waals surface area contributed by atoms with Crippen LogP contribution in [0, 0.1) is 5.82 Å². The zero-order valence-corrected chi connectivity index (χ0v) is 19.3. The molecule has 0 spiro atoms. The molecule has 3 heterocycles. The normalized spacial score (nSPS) is 19.1. The first-order valence-electron chi connectivity index (χ1n) is 10.8. The van der Waals surface area contributed by atoms with Crippen LogP contribution in [0.2, 0.25) is 0 Å². The minimum absolute atomic E-state index is 0.0122. The van der Waals surface area contributed by atoms with Gasteiger partial charge in [0.2, 0.25) is 17.5 Å². The predicted molar refractivity (Wildman–Crippen MR) is 121 cm³/mol. The van der Waals surface area contributed by atoms with Crippen LogP contribution in [-0.4, -0.2) is 59.8 Å². The standard InChI is InChI=1S/C23H23FN6O5/c1-32-18-8-14(9-19(33-2)21(18)34-3)22-26-20(35-28-22)11-29-23(31)17-10-16(27-30(17)12-25-29)13-4-6-15(24)7-5-13/h4-9,12,16-17,27H,10-11H2,1-3H3. The molecule has 2 atom stereocenters. The molecule has 1 N–H and O–H groups in total. The summed E-state index contributed by atoms with van der Waals surface area (Å²) in [7, 11) is 4.56. The number of amides is 1. The maximum Gasteiger partial charge on any atom is 0.267 e. The van der Waals surface area contributed by atoms with Gasteiger partial charge in [-0.15, -0.1) is 0 Å². The fraction of sp³-hybridized carbons (Fsp3) is 0.304. The summed E-state index contributed by atoms with van der Waals surface area (Å²) in [6.45, 7) is 0.0122. The summed E-state index contributed by atoms with van der Waals surface area (Å²) in [5, 5.41) is 11.2. The third-order valence-corrected chi connectivity index (χ3v) is 5.90. The lowest BCUT2D eigenvalue weighted by Gasteiger charge is -2.29. The van der Waals surface area contributed by atoms with Crippen molar-refractivity contribution in [1.29, 1.82) is 0 Å². The number of ether oxygens (including phenoxy) is 3. The Bertz CT molecular complexity index is 1240. The number of nitrogens with one attached hydrogen (secondary N) is 1. The molecular formula is C23H23FN6O5. The molecule has 2 unspecified atom stereocenters. The molecule has 2 aliphatic heterocycles. The summed E-state index contributed by atoms with van der Waals surface area (Å²) in [4.78, 5) is 17.5. The number of carbonyl (C=O) groups excluding carboxylic acids is 1. The first-order valence-corrected chi connectivity index (χ1v) is 10.8. The van der Waals surface area contributed by atoms with E-state index in [-0.39, 0.29) is 30.2 Å². The zero-order valence-electron chi connectivity index (χ0n) is 19.3. The Labute approximate surface area is 200 Å². The lowest BCUT2D eigenvalue weighted by Crippen LogP contribution is -2.50. The van der Waals surface area contributed by atoms with Crippen molar-refractivity contribution in [1.82, 2.24) is 25.6 Å². The van der Waals surface area contributed by atoms with Crippen molar-refractivity contribution < 1.29 is 27.9 Å². The maximum absolute atomic E-state index is 13.3. The third-order valence-electron chi connectivity index (χ3n) is 5.90. The number of aromatic nitrogens is 2. The molecule has 5 rings (SSSR count). The van der Waals surface area contributed by atoms with E-state index in [1.54, 1.807) is 35.6 Å². The van der Waals surface area contributed by atoms with Crippen molar-refractivity contribution in [3.63, 3.8) is 0 Å². The van der Waals surface area contributed by atoms with Gasteiger partial charge in [-0.05, 0) is 36.2 Å². The smallest absolute Gasteiger partial charge is 0.267 e. The van der Waals surface area contributed by atoms with Gasteiger partial charge < -0.3 is 18.7 Å². The van der Waals surface area contributed by atoms with Crippen molar-refractivity contribution >= 4 is 12.2 Å². The molecule has 1 saturated heterocycles. The Morgan fingerprint density at radius 3 is 2.49 bits per heavy atom. The number of rotatable bonds is 7. The van der Waals surface area contributed by atoms with Gasteiger partial charge in [0.1, 0.15) is 24.7 Å². The van der Waals surface area contributed by atoms with Crippen molar-refractivity contribution in [2.24, 2.45) is 5.10 Å². The number of hydrazone groups is 1. The third kappa shape index (κ3) is 4.23. The molecule has 0 radical (unpaired) electrons. The molecule has 3 aromatic rings. The van der Waals surface area contributed by atoms with Gasteiger partial charge in [-0.3, -0.25) is 9.80 Å². The van der Waals surface area contributed by atoms with Crippen LogP contribution in [0.15, 0.2) is 46.0 Å². The highest BCUT2D eigenvalue weighted by molar-refractivity contribution is 5.87. The number of halogens is 1. The van der Waals surface area contributed by atoms with Crippen LogP contribution in [0.5, 0.6) is 17.2 Å². The summed E-state index contributed by atoms with van der Waals surface area (Å²) in [5.41, 5.74) is 4.71. The molecule has 35 heavy (non-hydrogen) atoms. The van der Waals surface area contributed by atoms with E-state index in [2.05, 4.69) is 20.7 Å². The number of fused-ring (bicyclic) bond motifs is 1. The summed E-state index contributed by atoms with van der Waals surface area (Å²) >= 11 is 0. The van der Waals surface area contributed by atoms with Crippen molar-refractivity contribution in [2.75, 3.05) is 21.3 Å². The van der Waals surface area contributed by atoms with Gasteiger partial charge in [-0.25, -0.2) is 14.8 Å². The van der Waals surface area contributed by atoms with Crippen LogP contribution in [0.1, 0.15) is 23.9 Å². The van der Waals surface area contributed by atoms with Gasteiger partial charge in [0.05, 0.1) is 27.4 Å². The highest BCUT2D eigenvalue weighted by Gasteiger charge is 2.41. The number of nitrogens with zero attached hydrogens (tertiary/aromatic N) is 5. The predicted octanol–water partition coefficient (Wildman–Crippen LogP) is 2.51. The summed E-state index contributed by atoms with van der Waals surface area (Å²) in [6.07, 6.45) is 2.06. The molecule has 0 saturated carbocycles. The summed E-state index contributed by atoms with van der Waals surface area (Å²) in [6, 6.07) is 9.03. The van der Waals surface area contributed by atoms with E-state index in [9.17, 15) is 9.18 Å².